The summed E-state index contributed by atoms with van der Waals surface area (Å²) in [7, 11) is 0. The van der Waals surface area contributed by atoms with Gasteiger partial charge in [-0.2, -0.15) is 0 Å². The molecule has 0 fully saturated rings. The fourth-order valence-electron chi connectivity index (χ4n) is 1.68. The van der Waals surface area contributed by atoms with Crippen molar-refractivity contribution in [2.45, 2.75) is 26.0 Å². The van der Waals surface area contributed by atoms with Gasteiger partial charge in [-0.3, -0.25) is 0 Å². The van der Waals surface area contributed by atoms with Crippen molar-refractivity contribution in [2.24, 2.45) is 4.99 Å². The number of carboxylic acid groups (broad SMARTS) is 1. The molecule has 1 aromatic carbocycles. The van der Waals surface area contributed by atoms with Crippen LogP contribution in [0.5, 0.6) is 0 Å². The van der Waals surface area contributed by atoms with E-state index < -0.39 is 18.1 Å². The number of carboxylic acids is 1. The summed E-state index contributed by atoms with van der Waals surface area (Å²) >= 11 is 0. The Bertz CT molecular complexity index is 453. The Kier molecular flexibility index (Phi) is 2.64. The zero-order valence-corrected chi connectivity index (χ0v) is 9.18. The molecule has 2 atom stereocenters. The monoisotopic (exact) mass is 219 g/mol. The fourth-order valence-corrected chi connectivity index (χ4v) is 1.68. The standard InChI is InChI=1S/C12H13NO3/c1-7-4-3-5-9(6-7)11-13-10(12(14)15)8(2)16-11/h3-6,8,10H,1-2H3,(H,14,15)/t8-,10+/m1/s1. The normalized spacial score (nSPS) is 23.8. The highest BCUT2D eigenvalue weighted by atomic mass is 16.5. The van der Waals surface area contributed by atoms with E-state index in [1.54, 1.807) is 6.92 Å². The van der Waals surface area contributed by atoms with Crippen molar-refractivity contribution in [3.63, 3.8) is 0 Å². The number of ether oxygens (including phenoxy) is 1. The van der Waals surface area contributed by atoms with Crippen LogP contribution >= 0.6 is 0 Å². The minimum Gasteiger partial charge on any atom is -0.480 e. The van der Waals surface area contributed by atoms with Gasteiger partial charge in [-0.05, 0) is 26.0 Å². The Balaban J connectivity index is 2.30. The van der Waals surface area contributed by atoms with Gasteiger partial charge >= 0.3 is 5.97 Å². The predicted molar refractivity (Wildman–Crippen MR) is 59.7 cm³/mol. The van der Waals surface area contributed by atoms with Crippen molar-refractivity contribution < 1.29 is 14.6 Å². The van der Waals surface area contributed by atoms with Gasteiger partial charge in [-0.25, -0.2) is 9.79 Å². The van der Waals surface area contributed by atoms with E-state index in [1.165, 1.54) is 0 Å². The van der Waals surface area contributed by atoms with Gasteiger partial charge in [-0.1, -0.05) is 17.7 Å². The topological polar surface area (TPSA) is 58.9 Å². The predicted octanol–water partition coefficient (Wildman–Crippen LogP) is 1.61. The van der Waals surface area contributed by atoms with Crippen molar-refractivity contribution in [3.05, 3.63) is 35.4 Å². The molecule has 1 aliphatic rings. The van der Waals surface area contributed by atoms with Gasteiger partial charge in [0.1, 0.15) is 6.10 Å². The van der Waals surface area contributed by atoms with Gasteiger partial charge in [0.25, 0.3) is 0 Å². The van der Waals surface area contributed by atoms with E-state index in [2.05, 4.69) is 4.99 Å². The Morgan fingerprint density at radius 3 is 2.81 bits per heavy atom. The maximum absolute atomic E-state index is 10.9. The molecule has 0 radical (unpaired) electrons. The van der Waals surface area contributed by atoms with Crippen LogP contribution in [0.15, 0.2) is 29.3 Å². The number of benzene rings is 1. The molecule has 0 saturated carbocycles. The van der Waals surface area contributed by atoms with Gasteiger partial charge < -0.3 is 9.84 Å². The summed E-state index contributed by atoms with van der Waals surface area (Å²) in [6.45, 7) is 3.68. The average molecular weight is 219 g/mol. The molecule has 4 heteroatoms. The molecular weight excluding hydrogens is 206 g/mol. The maximum Gasteiger partial charge on any atom is 0.332 e. The van der Waals surface area contributed by atoms with Crippen LogP contribution in [0.3, 0.4) is 0 Å². The molecule has 84 valence electrons. The molecule has 0 aromatic heterocycles. The molecule has 2 rings (SSSR count). The lowest BCUT2D eigenvalue weighted by Gasteiger charge is -2.08. The smallest absolute Gasteiger partial charge is 0.332 e. The summed E-state index contributed by atoms with van der Waals surface area (Å²) in [6.07, 6.45) is -0.409. The third-order valence-electron chi connectivity index (χ3n) is 2.52. The van der Waals surface area contributed by atoms with Crippen LogP contribution in [-0.4, -0.2) is 29.1 Å². The Morgan fingerprint density at radius 1 is 1.50 bits per heavy atom. The van der Waals surface area contributed by atoms with E-state index in [9.17, 15) is 4.79 Å². The number of aryl methyl sites for hydroxylation is 1. The molecular formula is C12H13NO3. The first kappa shape index (κ1) is 10.7. The summed E-state index contributed by atoms with van der Waals surface area (Å²) < 4.78 is 5.45. The Hall–Kier alpha value is -1.84. The van der Waals surface area contributed by atoms with E-state index in [1.807, 2.05) is 31.2 Å². The highest BCUT2D eigenvalue weighted by molar-refractivity contribution is 5.97. The summed E-state index contributed by atoms with van der Waals surface area (Å²) in [5, 5.41) is 8.92. The number of aliphatic imine (C=N–C) groups is 1. The quantitative estimate of drug-likeness (QED) is 0.822. The largest absolute Gasteiger partial charge is 0.480 e. The lowest BCUT2D eigenvalue weighted by molar-refractivity contribution is -0.139. The van der Waals surface area contributed by atoms with E-state index in [4.69, 9.17) is 9.84 Å². The molecule has 1 aromatic rings. The van der Waals surface area contributed by atoms with Crippen molar-refractivity contribution in [1.82, 2.24) is 0 Å². The van der Waals surface area contributed by atoms with Crippen molar-refractivity contribution in [1.29, 1.82) is 0 Å². The van der Waals surface area contributed by atoms with Crippen molar-refractivity contribution in [3.8, 4) is 0 Å². The summed E-state index contributed by atoms with van der Waals surface area (Å²) in [5.41, 5.74) is 1.92. The van der Waals surface area contributed by atoms with Gasteiger partial charge in [-0.15, -0.1) is 0 Å². The number of aliphatic carboxylic acids is 1. The molecule has 0 spiro atoms. The van der Waals surface area contributed by atoms with Crippen LogP contribution in [0.25, 0.3) is 0 Å². The van der Waals surface area contributed by atoms with Crippen LogP contribution in [0, 0.1) is 6.92 Å². The number of nitrogens with zero attached hydrogens (tertiary/aromatic N) is 1. The average Bonchev–Trinajstić information content (AvgIpc) is 2.60. The summed E-state index contributed by atoms with van der Waals surface area (Å²) in [6, 6.07) is 6.86. The minimum absolute atomic E-state index is 0.409. The summed E-state index contributed by atoms with van der Waals surface area (Å²) in [4.78, 5) is 14.9. The zero-order valence-electron chi connectivity index (χ0n) is 9.18. The highest BCUT2D eigenvalue weighted by Gasteiger charge is 2.33. The van der Waals surface area contributed by atoms with Crippen molar-refractivity contribution in [2.75, 3.05) is 0 Å². The SMILES string of the molecule is Cc1cccc(C2=N[C@H](C(=O)O)[C@@H](C)O2)c1. The Labute approximate surface area is 93.6 Å². The lowest BCUT2D eigenvalue weighted by Crippen LogP contribution is -2.27. The van der Waals surface area contributed by atoms with Crippen LogP contribution in [-0.2, 0) is 9.53 Å². The number of carbonyl (C=O) groups is 1. The van der Waals surface area contributed by atoms with Gasteiger partial charge in [0.2, 0.25) is 5.90 Å². The zero-order chi connectivity index (χ0) is 11.7. The second-order valence-electron chi connectivity index (χ2n) is 3.91. The molecule has 0 bridgehead atoms. The van der Waals surface area contributed by atoms with Crippen LogP contribution in [0.4, 0.5) is 0 Å². The third kappa shape index (κ3) is 1.91. The highest BCUT2D eigenvalue weighted by Crippen LogP contribution is 2.18. The minimum atomic E-state index is -0.949. The first-order valence-corrected chi connectivity index (χ1v) is 5.12. The van der Waals surface area contributed by atoms with E-state index in [-0.39, 0.29) is 0 Å². The maximum atomic E-state index is 10.9. The van der Waals surface area contributed by atoms with E-state index in [0.29, 0.717) is 5.90 Å². The van der Waals surface area contributed by atoms with Gasteiger partial charge in [0, 0.05) is 5.56 Å². The molecule has 1 N–H and O–H groups in total. The second-order valence-corrected chi connectivity index (χ2v) is 3.91. The lowest BCUT2D eigenvalue weighted by atomic mass is 10.1. The molecule has 4 nitrogen and oxygen atoms in total. The number of hydrogen-bond donors (Lipinski definition) is 1. The number of hydrogen-bond acceptors (Lipinski definition) is 3. The third-order valence-corrected chi connectivity index (χ3v) is 2.52. The summed E-state index contributed by atoms with van der Waals surface area (Å²) in [5.74, 6) is -0.529. The molecule has 0 aliphatic carbocycles. The van der Waals surface area contributed by atoms with E-state index in [0.717, 1.165) is 11.1 Å². The molecule has 16 heavy (non-hydrogen) atoms. The number of rotatable bonds is 2. The first-order chi connectivity index (χ1) is 7.58. The van der Waals surface area contributed by atoms with Gasteiger partial charge in [0.05, 0.1) is 0 Å². The van der Waals surface area contributed by atoms with E-state index >= 15 is 0 Å². The molecule has 0 unspecified atom stereocenters. The first-order valence-electron chi connectivity index (χ1n) is 5.12. The molecule has 0 saturated heterocycles. The molecule has 1 aliphatic heterocycles. The van der Waals surface area contributed by atoms with Crippen molar-refractivity contribution >= 4 is 11.9 Å². The van der Waals surface area contributed by atoms with Crippen LogP contribution in [0.1, 0.15) is 18.1 Å². The van der Waals surface area contributed by atoms with Gasteiger partial charge in [0.15, 0.2) is 6.04 Å². The Morgan fingerprint density at radius 2 is 2.25 bits per heavy atom. The van der Waals surface area contributed by atoms with Crippen LogP contribution in [0.2, 0.25) is 0 Å². The second kappa shape index (κ2) is 3.96. The molecule has 0 amide bonds. The van der Waals surface area contributed by atoms with Crippen LogP contribution < -0.4 is 0 Å². The fraction of sp³-hybridized carbons (Fsp3) is 0.333. The molecule has 1 heterocycles.